The van der Waals surface area contributed by atoms with E-state index in [1.807, 2.05) is 4.57 Å². The first-order valence-electron chi connectivity index (χ1n) is 7.31. The number of allylic oxidation sites excluding steroid dienone is 1. The van der Waals surface area contributed by atoms with Crippen LogP contribution in [0, 0.1) is 17.6 Å². The second-order valence-corrected chi connectivity index (χ2v) is 5.91. The van der Waals surface area contributed by atoms with Gasteiger partial charge in [0, 0.05) is 36.0 Å². The highest BCUT2D eigenvalue weighted by atomic mass is 19.1. The summed E-state index contributed by atoms with van der Waals surface area (Å²) in [5, 5.41) is 0. The van der Waals surface area contributed by atoms with Crippen molar-refractivity contribution in [3.63, 3.8) is 0 Å². The number of rotatable bonds is 2. The molecule has 3 nitrogen and oxygen atoms in total. The molecule has 2 atom stereocenters. The molecule has 1 fully saturated rings. The maximum absolute atomic E-state index is 14.0. The normalized spacial score (nSPS) is 24.8. The molecule has 0 N–H and O–H groups in total. The lowest BCUT2D eigenvalue weighted by Gasteiger charge is -2.20. The zero-order valence-corrected chi connectivity index (χ0v) is 11.9. The van der Waals surface area contributed by atoms with Crippen LogP contribution in [0.4, 0.5) is 13.2 Å². The fourth-order valence-electron chi connectivity index (χ4n) is 2.91. The number of nitrogens with zero attached hydrogens (tertiary/aromatic N) is 3. The van der Waals surface area contributed by atoms with E-state index in [9.17, 15) is 13.2 Å². The number of benzene rings is 1. The molecule has 114 valence electrons. The van der Waals surface area contributed by atoms with Crippen molar-refractivity contribution in [3.8, 4) is 0 Å². The number of alkyl halides is 1. The predicted molar refractivity (Wildman–Crippen MR) is 78.4 cm³/mol. The van der Waals surface area contributed by atoms with Crippen LogP contribution in [0.2, 0.25) is 0 Å². The van der Waals surface area contributed by atoms with Crippen LogP contribution in [0.15, 0.2) is 23.3 Å². The minimum Gasteiger partial charge on any atom is -0.321 e. The molecule has 2 aliphatic rings. The van der Waals surface area contributed by atoms with E-state index in [4.69, 9.17) is 0 Å². The molecule has 1 aromatic heterocycles. The van der Waals surface area contributed by atoms with Crippen LogP contribution in [-0.2, 0) is 0 Å². The topological polar surface area (TPSA) is 30.2 Å². The number of aromatic nitrogens is 2. The molecule has 1 aliphatic carbocycles. The molecule has 2 heterocycles. The third-order valence-corrected chi connectivity index (χ3v) is 4.29. The van der Waals surface area contributed by atoms with E-state index in [1.54, 1.807) is 13.1 Å². The van der Waals surface area contributed by atoms with Gasteiger partial charge in [-0.1, -0.05) is 6.92 Å². The maximum atomic E-state index is 14.0. The van der Waals surface area contributed by atoms with Gasteiger partial charge in [-0.3, -0.25) is 4.99 Å². The molecule has 0 bridgehead atoms. The van der Waals surface area contributed by atoms with Gasteiger partial charge in [-0.2, -0.15) is 0 Å². The van der Waals surface area contributed by atoms with Gasteiger partial charge in [-0.25, -0.2) is 18.2 Å². The highest BCUT2D eigenvalue weighted by molar-refractivity contribution is 5.83. The van der Waals surface area contributed by atoms with Crippen LogP contribution in [0.3, 0.4) is 0 Å². The lowest BCUT2D eigenvalue weighted by molar-refractivity contribution is 0.368. The monoisotopic (exact) mass is 305 g/mol. The molecule has 0 spiro atoms. The molecule has 1 aliphatic heterocycles. The number of halogens is 3. The Bertz CT molecular complexity index is 818. The Morgan fingerprint density at radius 3 is 2.73 bits per heavy atom. The van der Waals surface area contributed by atoms with E-state index in [2.05, 4.69) is 9.98 Å². The molecular formula is C16H14F3N3. The summed E-state index contributed by atoms with van der Waals surface area (Å²) in [6.45, 7) is 1.75. The highest BCUT2D eigenvalue weighted by Gasteiger charge is 2.33. The van der Waals surface area contributed by atoms with E-state index in [-0.39, 0.29) is 11.6 Å². The molecule has 1 aromatic carbocycles. The Balaban J connectivity index is 1.98. The number of imidazole rings is 1. The molecule has 2 aromatic rings. The summed E-state index contributed by atoms with van der Waals surface area (Å²) in [4.78, 5) is 8.25. The number of hydrogen-bond acceptors (Lipinski definition) is 2. The van der Waals surface area contributed by atoms with Crippen molar-refractivity contribution in [2.75, 3.05) is 0 Å². The SMILES string of the molecule is CC1C(c2nc3c(F)cc(F)cc3n2C2CC2)=CN=CC1F. The second-order valence-electron chi connectivity index (χ2n) is 5.91. The summed E-state index contributed by atoms with van der Waals surface area (Å²) in [5.41, 5.74) is 1.17. The van der Waals surface area contributed by atoms with Crippen LogP contribution in [0.1, 0.15) is 31.6 Å². The first kappa shape index (κ1) is 13.5. The van der Waals surface area contributed by atoms with Crippen LogP contribution in [0.25, 0.3) is 16.6 Å². The van der Waals surface area contributed by atoms with Crippen LogP contribution < -0.4 is 0 Å². The van der Waals surface area contributed by atoms with E-state index in [0.717, 1.165) is 18.9 Å². The number of hydrogen-bond donors (Lipinski definition) is 0. The Labute approximate surface area is 125 Å². The summed E-state index contributed by atoms with van der Waals surface area (Å²) in [6, 6.07) is 2.28. The molecule has 1 saturated carbocycles. The fraction of sp³-hybridized carbons (Fsp3) is 0.375. The van der Waals surface area contributed by atoms with Crippen molar-refractivity contribution in [2.45, 2.75) is 32.0 Å². The Hall–Kier alpha value is -2.11. The summed E-state index contributed by atoms with van der Waals surface area (Å²) in [6.07, 6.45) is 3.48. The summed E-state index contributed by atoms with van der Waals surface area (Å²) in [7, 11) is 0. The Kier molecular flexibility index (Phi) is 2.89. The lowest BCUT2D eigenvalue weighted by Crippen LogP contribution is -2.20. The van der Waals surface area contributed by atoms with E-state index in [1.165, 1.54) is 12.3 Å². The molecule has 0 amide bonds. The maximum Gasteiger partial charge on any atom is 0.153 e. The molecular weight excluding hydrogens is 291 g/mol. The molecule has 2 unspecified atom stereocenters. The van der Waals surface area contributed by atoms with E-state index >= 15 is 0 Å². The van der Waals surface area contributed by atoms with Crippen molar-refractivity contribution in [1.82, 2.24) is 9.55 Å². The molecule has 0 radical (unpaired) electrons. The predicted octanol–water partition coefficient (Wildman–Crippen LogP) is 4.05. The van der Waals surface area contributed by atoms with Crippen molar-refractivity contribution in [2.24, 2.45) is 10.9 Å². The fourth-order valence-corrected chi connectivity index (χ4v) is 2.91. The van der Waals surface area contributed by atoms with Gasteiger partial charge in [0.1, 0.15) is 23.3 Å². The Morgan fingerprint density at radius 1 is 1.23 bits per heavy atom. The summed E-state index contributed by atoms with van der Waals surface area (Å²) < 4.78 is 43.3. The minimum absolute atomic E-state index is 0.126. The smallest absolute Gasteiger partial charge is 0.153 e. The number of aliphatic imine (C=N–C) groups is 1. The molecule has 6 heteroatoms. The quantitative estimate of drug-likeness (QED) is 0.823. The van der Waals surface area contributed by atoms with Gasteiger partial charge < -0.3 is 4.57 Å². The summed E-state index contributed by atoms with van der Waals surface area (Å²) in [5.74, 6) is -1.25. The second kappa shape index (κ2) is 4.69. The van der Waals surface area contributed by atoms with E-state index < -0.39 is 23.7 Å². The third kappa shape index (κ3) is 1.97. The van der Waals surface area contributed by atoms with Gasteiger partial charge in [0.05, 0.1) is 5.52 Å². The molecule has 4 rings (SSSR count). The minimum atomic E-state index is -1.20. The van der Waals surface area contributed by atoms with Gasteiger partial charge in [-0.15, -0.1) is 0 Å². The molecule has 22 heavy (non-hydrogen) atoms. The van der Waals surface area contributed by atoms with Crippen molar-refractivity contribution in [3.05, 3.63) is 35.8 Å². The first-order valence-corrected chi connectivity index (χ1v) is 7.31. The van der Waals surface area contributed by atoms with Gasteiger partial charge in [-0.05, 0) is 18.9 Å². The number of fused-ring (bicyclic) bond motifs is 1. The van der Waals surface area contributed by atoms with Crippen LogP contribution >= 0.6 is 0 Å². The van der Waals surface area contributed by atoms with Gasteiger partial charge in [0.15, 0.2) is 5.82 Å². The first-order chi connectivity index (χ1) is 10.6. The van der Waals surface area contributed by atoms with Gasteiger partial charge in [0.25, 0.3) is 0 Å². The Morgan fingerprint density at radius 2 is 2.00 bits per heavy atom. The third-order valence-electron chi connectivity index (χ3n) is 4.29. The average molecular weight is 305 g/mol. The van der Waals surface area contributed by atoms with Crippen LogP contribution in [-0.4, -0.2) is 21.9 Å². The van der Waals surface area contributed by atoms with Crippen molar-refractivity contribution in [1.29, 1.82) is 0 Å². The van der Waals surface area contributed by atoms with Crippen molar-refractivity contribution < 1.29 is 13.2 Å². The average Bonchev–Trinajstić information content (AvgIpc) is 3.23. The zero-order chi connectivity index (χ0) is 15.4. The van der Waals surface area contributed by atoms with Gasteiger partial charge >= 0.3 is 0 Å². The highest BCUT2D eigenvalue weighted by Crippen LogP contribution is 2.42. The van der Waals surface area contributed by atoms with E-state index in [0.29, 0.717) is 16.9 Å². The zero-order valence-electron chi connectivity index (χ0n) is 11.9. The standard InChI is InChI=1S/C16H14F3N3/c1-8-11(6-20-7-13(8)19)16-21-15-12(18)4-9(17)5-14(15)22(16)10-2-3-10/h4-8,10,13H,2-3H2,1H3. The van der Waals surface area contributed by atoms with Crippen molar-refractivity contribution >= 4 is 22.8 Å². The van der Waals surface area contributed by atoms with Gasteiger partial charge in [0.2, 0.25) is 0 Å². The van der Waals surface area contributed by atoms with Crippen LogP contribution in [0.5, 0.6) is 0 Å². The molecule has 0 saturated heterocycles. The lowest BCUT2D eigenvalue weighted by atomic mass is 9.95. The largest absolute Gasteiger partial charge is 0.321 e. The summed E-state index contributed by atoms with van der Waals surface area (Å²) >= 11 is 0.